The summed E-state index contributed by atoms with van der Waals surface area (Å²) >= 11 is 0. The largest absolute Gasteiger partial charge is 0.280 e. The molecular weight excluding hydrogens is 198 g/mol. The monoisotopic (exact) mass is 208 g/mol. The average molecular weight is 208 g/mol. The zero-order valence-electron chi connectivity index (χ0n) is 8.19. The minimum absolute atomic E-state index is 0.0794. The van der Waals surface area contributed by atoms with Crippen LogP contribution in [0.5, 0.6) is 0 Å². The number of benzene rings is 1. The van der Waals surface area contributed by atoms with Crippen LogP contribution in [-0.2, 0) is 0 Å². The fourth-order valence-electron chi connectivity index (χ4n) is 1.48. The zero-order valence-corrected chi connectivity index (χ0v) is 8.19. The molecule has 0 fully saturated rings. The molecule has 0 N–H and O–H groups in total. The lowest BCUT2D eigenvalue weighted by Gasteiger charge is -2.08. The molecule has 1 aromatic carbocycles. The molecule has 0 unspecified atom stereocenters. The molecule has 0 amide bonds. The Kier molecular flexibility index (Phi) is 2.49. The Balaban J connectivity index is 2.55. The van der Waals surface area contributed by atoms with E-state index in [9.17, 15) is 8.78 Å². The van der Waals surface area contributed by atoms with Gasteiger partial charge in [0.2, 0.25) is 0 Å². The Bertz CT molecular complexity index is 463. The van der Waals surface area contributed by atoms with Gasteiger partial charge < -0.3 is 0 Å². The molecule has 0 bridgehead atoms. The molecule has 0 aliphatic rings. The highest BCUT2D eigenvalue weighted by molar-refractivity contribution is 5.40. The summed E-state index contributed by atoms with van der Waals surface area (Å²) in [4.78, 5) is 0. The molecule has 2 nitrogen and oxygen atoms in total. The summed E-state index contributed by atoms with van der Waals surface area (Å²) in [5, 5.41) is 3.91. The van der Waals surface area contributed by atoms with Gasteiger partial charge in [0.1, 0.15) is 5.69 Å². The number of rotatable bonds is 2. The number of aromatic nitrogens is 2. The topological polar surface area (TPSA) is 17.8 Å². The van der Waals surface area contributed by atoms with Crippen LogP contribution < -0.4 is 0 Å². The van der Waals surface area contributed by atoms with Crippen molar-refractivity contribution in [3.8, 4) is 5.69 Å². The molecule has 0 saturated carbocycles. The van der Waals surface area contributed by atoms with Gasteiger partial charge in [-0.25, -0.2) is 13.5 Å². The standard InChI is InChI=1S/C11H10F2N2/c1-8-4-2-3-5-9(8)15-10(11(12)13)6-7-14-15/h2-7,11H,1H3. The Labute approximate surface area is 86.2 Å². The SMILES string of the molecule is Cc1ccccc1-n1nccc1C(F)F. The molecule has 78 valence electrons. The van der Waals surface area contributed by atoms with E-state index in [0.717, 1.165) is 5.56 Å². The number of hydrogen-bond acceptors (Lipinski definition) is 1. The summed E-state index contributed by atoms with van der Waals surface area (Å²) in [5.41, 5.74) is 1.53. The highest BCUT2D eigenvalue weighted by Crippen LogP contribution is 2.22. The Morgan fingerprint density at radius 3 is 2.60 bits per heavy atom. The van der Waals surface area contributed by atoms with Gasteiger partial charge in [0.25, 0.3) is 6.43 Å². The van der Waals surface area contributed by atoms with Crippen LogP contribution in [-0.4, -0.2) is 9.78 Å². The number of halogens is 2. The number of aryl methyl sites for hydroxylation is 1. The first kappa shape index (κ1) is 9.83. The van der Waals surface area contributed by atoms with Crippen LogP contribution >= 0.6 is 0 Å². The summed E-state index contributed by atoms with van der Waals surface area (Å²) in [6.07, 6.45) is -1.12. The lowest BCUT2D eigenvalue weighted by molar-refractivity contribution is 0.143. The van der Waals surface area contributed by atoms with Gasteiger partial charge in [-0.3, -0.25) is 0 Å². The van der Waals surface area contributed by atoms with Crippen LogP contribution in [0.4, 0.5) is 8.78 Å². The average Bonchev–Trinajstić information content (AvgIpc) is 2.67. The second kappa shape index (κ2) is 3.81. The Hall–Kier alpha value is -1.71. The van der Waals surface area contributed by atoms with E-state index in [1.54, 1.807) is 12.1 Å². The quantitative estimate of drug-likeness (QED) is 0.741. The van der Waals surface area contributed by atoms with Crippen LogP contribution in [0.1, 0.15) is 17.7 Å². The summed E-state index contributed by atoms with van der Waals surface area (Å²) in [6, 6.07) is 8.64. The second-order valence-electron chi connectivity index (χ2n) is 3.26. The van der Waals surface area contributed by atoms with Crippen LogP contribution in [0.15, 0.2) is 36.5 Å². The van der Waals surface area contributed by atoms with Crippen molar-refractivity contribution in [3.63, 3.8) is 0 Å². The van der Waals surface area contributed by atoms with Crippen LogP contribution in [0, 0.1) is 6.92 Å². The van der Waals surface area contributed by atoms with E-state index in [1.807, 2.05) is 19.1 Å². The van der Waals surface area contributed by atoms with Gasteiger partial charge in [-0.05, 0) is 24.6 Å². The van der Waals surface area contributed by atoms with Gasteiger partial charge in [0.15, 0.2) is 0 Å². The number of nitrogens with zero attached hydrogens (tertiary/aromatic N) is 2. The molecule has 0 spiro atoms. The molecule has 0 atom stereocenters. The second-order valence-corrected chi connectivity index (χ2v) is 3.26. The molecule has 0 radical (unpaired) electrons. The lowest BCUT2D eigenvalue weighted by atomic mass is 10.2. The Morgan fingerprint density at radius 1 is 1.20 bits per heavy atom. The van der Waals surface area contributed by atoms with Gasteiger partial charge in [-0.15, -0.1) is 0 Å². The highest BCUT2D eigenvalue weighted by atomic mass is 19.3. The van der Waals surface area contributed by atoms with E-state index in [2.05, 4.69) is 5.10 Å². The molecule has 2 rings (SSSR count). The number of alkyl halides is 2. The summed E-state index contributed by atoms with van der Waals surface area (Å²) in [7, 11) is 0. The third-order valence-corrected chi connectivity index (χ3v) is 2.24. The smallest absolute Gasteiger partial charge is 0.232 e. The maximum Gasteiger partial charge on any atom is 0.280 e. The normalized spacial score (nSPS) is 10.9. The minimum atomic E-state index is -2.51. The molecule has 15 heavy (non-hydrogen) atoms. The molecular formula is C11H10F2N2. The predicted octanol–water partition coefficient (Wildman–Crippen LogP) is 3.12. The molecule has 2 aromatic rings. The van der Waals surface area contributed by atoms with Crippen molar-refractivity contribution in [1.29, 1.82) is 0 Å². The van der Waals surface area contributed by atoms with Crippen molar-refractivity contribution in [2.45, 2.75) is 13.3 Å². The Morgan fingerprint density at radius 2 is 1.93 bits per heavy atom. The van der Waals surface area contributed by atoms with Crippen molar-refractivity contribution in [2.24, 2.45) is 0 Å². The van der Waals surface area contributed by atoms with Gasteiger partial charge in [0, 0.05) is 6.20 Å². The first-order chi connectivity index (χ1) is 7.20. The van der Waals surface area contributed by atoms with Crippen molar-refractivity contribution in [1.82, 2.24) is 9.78 Å². The number of para-hydroxylation sites is 1. The maximum atomic E-state index is 12.6. The van der Waals surface area contributed by atoms with Crippen molar-refractivity contribution in [2.75, 3.05) is 0 Å². The van der Waals surface area contributed by atoms with Gasteiger partial charge in [0.05, 0.1) is 5.69 Å². The molecule has 4 heteroatoms. The van der Waals surface area contributed by atoms with Crippen LogP contribution in [0.3, 0.4) is 0 Å². The van der Waals surface area contributed by atoms with E-state index in [0.29, 0.717) is 5.69 Å². The molecule has 0 aliphatic heterocycles. The van der Waals surface area contributed by atoms with Crippen molar-refractivity contribution < 1.29 is 8.78 Å². The van der Waals surface area contributed by atoms with E-state index in [-0.39, 0.29) is 5.69 Å². The third-order valence-electron chi connectivity index (χ3n) is 2.24. The third kappa shape index (κ3) is 1.75. The molecule has 1 aromatic heterocycles. The summed E-state index contributed by atoms with van der Waals surface area (Å²) in [5.74, 6) is 0. The molecule has 0 saturated heterocycles. The molecule has 1 heterocycles. The fourth-order valence-corrected chi connectivity index (χ4v) is 1.48. The summed E-state index contributed by atoms with van der Waals surface area (Å²) in [6.45, 7) is 1.87. The first-order valence-electron chi connectivity index (χ1n) is 4.58. The van der Waals surface area contributed by atoms with Crippen LogP contribution in [0.25, 0.3) is 5.69 Å². The van der Waals surface area contributed by atoms with E-state index in [4.69, 9.17) is 0 Å². The van der Waals surface area contributed by atoms with Gasteiger partial charge in [-0.2, -0.15) is 5.10 Å². The highest BCUT2D eigenvalue weighted by Gasteiger charge is 2.15. The van der Waals surface area contributed by atoms with Crippen LogP contribution in [0.2, 0.25) is 0 Å². The lowest BCUT2D eigenvalue weighted by Crippen LogP contribution is -2.03. The van der Waals surface area contributed by atoms with Gasteiger partial charge in [-0.1, -0.05) is 18.2 Å². The van der Waals surface area contributed by atoms with Crippen molar-refractivity contribution >= 4 is 0 Å². The van der Waals surface area contributed by atoms with E-state index >= 15 is 0 Å². The van der Waals surface area contributed by atoms with Gasteiger partial charge >= 0.3 is 0 Å². The maximum absolute atomic E-state index is 12.6. The zero-order chi connectivity index (χ0) is 10.8. The number of hydrogen-bond donors (Lipinski definition) is 0. The predicted molar refractivity (Wildman–Crippen MR) is 53.3 cm³/mol. The van der Waals surface area contributed by atoms with E-state index < -0.39 is 6.43 Å². The molecule has 0 aliphatic carbocycles. The summed E-state index contributed by atoms with van der Waals surface area (Å²) < 4.78 is 26.5. The van der Waals surface area contributed by atoms with E-state index in [1.165, 1.54) is 16.9 Å². The first-order valence-corrected chi connectivity index (χ1v) is 4.58. The van der Waals surface area contributed by atoms with Crippen molar-refractivity contribution in [3.05, 3.63) is 47.8 Å². The minimum Gasteiger partial charge on any atom is -0.232 e. The fraction of sp³-hybridized carbons (Fsp3) is 0.182.